The summed E-state index contributed by atoms with van der Waals surface area (Å²) >= 11 is 3.74. The molecule has 500 valence electrons. The highest BCUT2D eigenvalue weighted by Crippen LogP contribution is 2.54. The van der Waals surface area contributed by atoms with Crippen molar-refractivity contribution in [3.05, 3.63) is 364 Å². The van der Waals surface area contributed by atoms with Crippen molar-refractivity contribution < 1.29 is 8.83 Å². The molecule has 0 radical (unpaired) electrons. The fourth-order valence-electron chi connectivity index (χ4n) is 18.2. The molecule has 24 aromatic rings. The van der Waals surface area contributed by atoms with Crippen LogP contribution in [0.15, 0.2) is 373 Å². The second kappa shape index (κ2) is 24.0. The summed E-state index contributed by atoms with van der Waals surface area (Å²) < 4.78 is 18.6. The molecule has 0 amide bonds. The largest absolute Gasteiger partial charge is 0.456 e. The molecule has 0 aliphatic carbocycles. The van der Waals surface area contributed by atoms with E-state index in [0.717, 1.165) is 33.1 Å². The minimum absolute atomic E-state index is 0.915. The maximum atomic E-state index is 6.86. The van der Waals surface area contributed by atoms with Gasteiger partial charge in [0.25, 0.3) is 0 Å². The Morgan fingerprint density at radius 2 is 0.546 bits per heavy atom. The lowest BCUT2D eigenvalue weighted by atomic mass is 9.85. The highest BCUT2D eigenvalue weighted by Gasteiger charge is 2.26. The zero-order valence-electron chi connectivity index (χ0n) is 58.3. The minimum atomic E-state index is 0.915. The van der Waals surface area contributed by atoms with E-state index in [2.05, 4.69) is 364 Å². The van der Waals surface area contributed by atoms with Crippen LogP contribution < -0.4 is 0 Å². The first-order chi connectivity index (χ1) is 53.6. The van der Waals surface area contributed by atoms with Gasteiger partial charge in [-0.05, 0) is 208 Å². The Kier molecular flexibility index (Phi) is 13.5. The van der Waals surface area contributed by atoms with Crippen LogP contribution in [0.2, 0.25) is 0 Å². The van der Waals surface area contributed by atoms with Gasteiger partial charge < -0.3 is 8.83 Å². The molecule has 4 heterocycles. The molecule has 0 N–H and O–H groups in total. The molecule has 0 saturated carbocycles. The van der Waals surface area contributed by atoms with Gasteiger partial charge in [-0.1, -0.05) is 303 Å². The fourth-order valence-corrected chi connectivity index (χ4v) is 20.6. The van der Waals surface area contributed by atoms with Gasteiger partial charge in [-0.3, -0.25) is 0 Å². The van der Waals surface area contributed by atoms with E-state index in [-0.39, 0.29) is 0 Å². The van der Waals surface area contributed by atoms with Crippen molar-refractivity contribution >= 4 is 193 Å². The van der Waals surface area contributed by atoms with Crippen LogP contribution >= 0.6 is 22.7 Å². The third-order valence-electron chi connectivity index (χ3n) is 22.8. The zero-order chi connectivity index (χ0) is 70.7. The molecule has 4 aromatic heterocycles. The number of hydrogen-bond acceptors (Lipinski definition) is 4. The van der Waals surface area contributed by atoms with Gasteiger partial charge in [0.15, 0.2) is 0 Å². The number of hydrogen-bond donors (Lipinski definition) is 0. The highest BCUT2D eigenvalue weighted by molar-refractivity contribution is 7.27. The molecule has 0 atom stereocenters. The van der Waals surface area contributed by atoms with Crippen molar-refractivity contribution in [2.45, 2.75) is 0 Å². The quantitative estimate of drug-likeness (QED) is 0.155. The topological polar surface area (TPSA) is 26.3 Å². The van der Waals surface area contributed by atoms with E-state index in [1.54, 1.807) is 0 Å². The standard InChI is InChI=1S/2C52H30OS/c1-2-14-33-28-36(25-24-31(33)12-1)48-40-20-7-5-18-38(40)47(39-19-6-8-21-41(39)48)34-15-11-16-35(29-34)49-51-42-22-9-10-23-44(42)53-45(51)30-43-50-37-17-4-3-13-32(37)26-27-46(50)54-52(43)49;1-2-14-33-28-36(25-24-31(33)12-1)48-40-20-7-5-18-38(40)47(39-19-6-8-21-41(39)48)35-16-11-15-34(29-35)43-30-46-51(52-49(43)42-22-9-10-23-44(42)53-52)50-37-17-4-3-13-32(37)26-27-45(50)54-46/h2*1-30H. The minimum Gasteiger partial charge on any atom is -0.456 e. The van der Waals surface area contributed by atoms with Crippen molar-refractivity contribution in [1.82, 2.24) is 0 Å². The van der Waals surface area contributed by atoms with Crippen LogP contribution in [-0.4, -0.2) is 0 Å². The number of thiophene rings is 2. The molecular formula is C104H60O2S2. The fraction of sp³-hybridized carbons (Fsp3) is 0. The molecule has 0 bridgehead atoms. The van der Waals surface area contributed by atoms with Crippen LogP contribution in [0, 0.1) is 0 Å². The summed E-state index contributed by atoms with van der Waals surface area (Å²) in [5, 5.41) is 29.8. The maximum Gasteiger partial charge on any atom is 0.145 e. The predicted molar refractivity (Wildman–Crippen MR) is 466 cm³/mol. The molecule has 4 heteroatoms. The number of furan rings is 2. The van der Waals surface area contributed by atoms with E-state index in [0.29, 0.717) is 0 Å². The Morgan fingerprint density at radius 1 is 0.176 bits per heavy atom. The first-order valence-electron chi connectivity index (χ1n) is 37.0. The molecule has 108 heavy (non-hydrogen) atoms. The zero-order valence-corrected chi connectivity index (χ0v) is 59.9. The number of rotatable bonds is 6. The highest BCUT2D eigenvalue weighted by atomic mass is 32.1. The Hall–Kier alpha value is -13.5. The molecule has 24 rings (SSSR count). The maximum absolute atomic E-state index is 6.86. The first kappa shape index (κ1) is 60.9. The van der Waals surface area contributed by atoms with Crippen molar-refractivity contribution in [2.75, 3.05) is 0 Å². The van der Waals surface area contributed by atoms with Crippen LogP contribution in [-0.2, 0) is 0 Å². The second-order valence-electron chi connectivity index (χ2n) is 28.7. The number of benzene rings is 20. The second-order valence-corrected chi connectivity index (χ2v) is 30.8. The monoisotopic (exact) mass is 1400 g/mol. The van der Waals surface area contributed by atoms with E-state index < -0.39 is 0 Å². The smallest absolute Gasteiger partial charge is 0.145 e. The molecule has 0 saturated heterocycles. The van der Waals surface area contributed by atoms with Crippen LogP contribution in [0.3, 0.4) is 0 Å². The van der Waals surface area contributed by atoms with Crippen molar-refractivity contribution in [2.24, 2.45) is 0 Å². The van der Waals surface area contributed by atoms with Gasteiger partial charge in [0.1, 0.15) is 22.3 Å². The normalized spacial score (nSPS) is 12.1. The molecule has 0 fully saturated rings. The number of para-hydroxylation sites is 2. The van der Waals surface area contributed by atoms with Crippen molar-refractivity contribution in [3.8, 4) is 66.8 Å². The lowest BCUT2D eigenvalue weighted by molar-refractivity contribution is 0.669. The van der Waals surface area contributed by atoms with Gasteiger partial charge >= 0.3 is 0 Å². The molecule has 0 aliphatic rings. The molecule has 0 spiro atoms. The van der Waals surface area contributed by atoms with E-state index in [1.807, 2.05) is 22.7 Å². The van der Waals surface area contributed by atoms with Gasteiger partial charge in [0.05, 0.1) is 0 Å². The van der Waals surface area contributed by atoms with Gasteiger partial charge in [-0.2, -0.15) is 0 Å². The Bertz CT molecular complexity index is 7840. The summed E-state index contributed by atoms with van der Waals surface area (Å²) in [6.07, 6.45) is 0. The van der Waals surface area contributed by atoms with Gasteiger partial charge in [0.2, 0.25) is 0 Å². The van der Waals surface area contributed by atoms with E-state index in [1.165, 1.54) is 204 Å². The lowest BCUT2D eigenvalue weighted by Crippen LogP contribution is -1.91. The van der Waals surface area contributed by atoms with E-state index >= 15 is 0 Å². The predicted octanol–water partition coefficient (Wildman–Crippen LogP) is 31.1. The summed E-state index contributed by atoms with van der Waals surface area (Å²) in [6, 6.07) is 133. The Balaban J connectivity index is 0.000000130. The van der Waals surface area contributed by atoms with Crippen molar-refractivity contribution in [3.63, 3.8) is 0 Å². The summed E-state index contributed by atoms with van der Waals surface area (Å²) in [6.45, 7) is 0. The summed E-state index contributed by atoms with van der Waals surface area (Å²) in [7, 11) is 0. The van der Waals surface area contributed by atoms with Gasteiger partial charge in [-0.15, -0.1) is 22.7 Å². The third-order valence-corrected chi connectivity index (χ3v) is 25.1. The van der Waals surface area contributed by atoms with Crippen LogP contribution in [0.5, 0.6) is 0 Å². The van der Waals surface area contributed by atoms with Crippen LogP contribution in [0.1, 0.15) is 0 Å². The van der Waals surface area contributed by atoms with E-state index in [9.17, 15) is 0 Å². The summed E-state index contributed by atoms with van der Waals surface area (Å²) in [5.74, 6) is 0. The summed E-state index contributed by atoms with van der Waals surface area (Å²) in [4.78, 5) is 0. The molecule has 20 aromatic carbocycles. The lowest BCUT2D eigenvalue weighted by Gasteiger charge is -2.18. The molecule has 0 aliphatic heterocycles. The SMILES string of the molecule is c1cc(-c2c3ccccc3c(-c3ccc4ccccc4c3)c3ccccc23)cc(-c2c3sc4ccc5ccccc5c4c3cc3oc4ccccc4c23)c1.c1cc(-c2c3ccccc3c(-c3ccc4ccccc4c3)c3ccccc23)cc(-c2cc3sc4ccc5ccccc5c4c3c3oc4ccccc4c23)c1. The Morgan fingerprint density at radius 3 is 1.06 bits per heavy atom. The van der Waals surface area contributed by atoms with Gasteiger partial charge in [0, 0.05) is 67.5 Å². The summed E-state index contributed by atoms with van der Waals surface area (Å²) in [5.41, 5.74) is 18.5. The van der Waals surface area contributed by atoms with Crippen molar-refractivity contribution in [1.29, 1.82) is 0 Å². The molecular weight excluding hydrogens is 1350 g/mol. The average molecular weight is 1410 g/mol. The number of fused-ring (bicyclic) bond motifs is 23. The van der Waals surface area contributed by atoms with E-state index in [4.69, 9.17) is 8.83 Å². The van der Waals surface area contributed by atoms with Crippen LogP contribution in [0.4, 0.5) is 0 Å². The first-order valence-corrected chi connectivity index (χ1v) is 38.6. The third kappa shape index (κ3) is 9.31. The molecule has 2 nitrogen and oxygen atoms in total. The molecule has 0 unspecified atom stereocenters. The Labute approximate surface area is 628 Å². The van der Waals surface area contributed by atoms with Crippen LogP contribution in [0.25, 0.3) is 237 Å². The average Bonchev–Trinajstić information content (AvgIpc) is 1.66. The van der Waals surface area contributed by atoms with Gasteiger partial charge in [-0.25, -0.2) is 0 Å².